The van der Waals surface area contributed by atoms with Gasteiger partial charge in [0.2, 0.25) is 11.8 Å². The number of thioether (sulfide) groups is 1. The smallest absolute Gasteiger partial charge is 0.389 e. The number of carbonyl (C=O) groups excluding carboxylic acids is 3. The lowest BCUT2D eigenvalue weighted by Gasteiger charge is -2.30. The van der Waals surface area contributed by atoms with Crippen LogP contribution >= 0.6 is 35.2 Å². The van der Waals surface area contributed by atoms with Gasteiger partial charge >= 0.3 is 23.5 Å². The summed E-state index contributed by atoms with van der Waals surface area (Å²) in [6.07, 6.45) is 19.5. The second kappa shape index (κ2) is 29.3. The molecule has 1 aliphatic heterocycles. The zero-order valence-corrected chi connectivity index (χ0v) is 44.0. The number of phosphoric acid groups is 3. The number of anilines is 1. The van der Waals surface area contributed by atoms with Crippen LogP contribution in [0.25, 0.3) is 11.2 Å². The quantitative estimate of drug-likeness (QED) is 0.0208. The van der Waals surface area contributed by atoms with Crippen molar-refractivity contribution < 1.29 is 85.6 Å². The van der Waals surface area contributed by atoms with Gasteiger partial charge in [-0.2, -0.15) is 4.31 Å². The average molecular weight is 1110 g/mol. The molecule has 9 unspecified atom stereocenters. The minimum atomic E-state index is -5.59. The van der Waals surface area contributed by atoms with Crippen molar-refractivity contribution in [2.45, 2.75) is 109 Å². The molecule has 0 saturated carbocycles. The van der Waals surface area contributed by atoms with Crippen LogP contribution in [0.2, 0.25) is 0 Å². The first kappa shape index (κ1) is 61.5. The number of phosphoric ester groups is 3. The average Bonchev–Trinajstić information content (AvgIpc) is 3.84. The van der Waals surface area contributed by atoms with Gasteiger partial charge in [-0.15, -0.1) is 0 Å². The number of amides is 2. The first-order valence-corrected chi connectivity index (χ1v) is 28.6. The summed E-state index contributed by atoms with van der Waals surface area (Å²) in [5.41, 5.74) is 5.74. The molecular weight excluding hydrogens is 1040 g/mol. The molecule has 29 heteroatoms. The van der Waals surface area contributed by atoms with E-state index in [0.29, 0.717) is 30.9 Å². The van der Waals surface area contributed by atoms with Crippen LogP contribution in [0, 0.1) is 11.3 Å². The Morgan fingerprint density at radius 3 is 2.36 bits per heavy atom. The lowest BCUT2D eigenvalue weighted by molar-refractivity contribution is -0.137. The number of fused-ring (bicyclic) bond motifs is 1. The van der Waals surface area contributed by atoms with E-state index in [4.69, 9.17) is 19.5 Å². The number of nitrogens with one attached hydrogen (secondary N) is 2. The highest BCUT2D eigenvalue weighted by molar-refractivity contribution is 8.13. The molecule has 3 heterocycles. The van der Waals surface area contributed by atoms with Crippen LogP contribution < -0.4 is 16.4 Å². The van der Waals surface area contributed by atoms with E-state index in [1.807, 2.05) is 48.6 Å². The van der Waals surface area contributed by atoms with Gasteiger partial charge in [-0.25, -0.2) is 28.6 Å². The van der Waals surface area contributed by atoms with E-state index in [1.165, 1.54) is 19.4 Å². The summed E-state index contributed by atoms with van der Waals surface area (Å²) in [6, 6.07) is 0. The van der Waals surface area contributed by atoms with Crippen molar-refractivity contribution in [2.75, 3.05) is 37.8 Å². The summed E-state index contributed by atoms with van der Waals surface area (Å²) in [4.78, 5) is 88.4. The zero-order chi connectivity index (χ0) is 53.8. The number of hydrogen-bond acceptors (Lipinski definition) is 19. The Kier molecular flexibility index (Phi) is 24.7. The molecule has 1 fully saturated rings. The van der Waals surface area contributed by atoms with Gasteiger partial charge in [0.15, 0.2) is 22.8 Å². The van der Waals surface area contributed by atoms with Crippen LogP contribution in [0.3, 0.4) is 0 Å². The number of rotatable bonds is 33. The number of allylic oxidation sites excluding steroid dienone is 10. The molecule has 2 aromatic rings. The largest absolute Gasteiger partial charge is 0.481 e. The number of aliphatic hydroxyl groups is 3. The molecule has 73 heavy (non-hydrogen) atoms. The van der Waals surface area contributed by atoms with Crippen molar-refractivity contribution >= 4 is 69.1 Å². The maximum Gasteiger partial charge on any atom is 0.481 e. The predicted molar refractivity (Wildman–Crippen MR) is 268 cm³/mol. The molecule has 2 aliphatic rings. The van der Waals surface area contributed by atoms with Crippen molar-refractivity contribution in [3.63, 3.8) is 0 Å². The zero-order valence-electron chi connectivity index (χ0n) is 40.5. The van der Waals surface area contributed by atoms with Gasteiger partial charge in [0, 0.05) is 37.1 Å². The summed E-state index contributed by atoms with van der Waals surface area (Å²) in [5, 5.41) is 36.6. The second-order valence-corrected chi connectivity index (χ2v) is 22.7. The highest BCUT2D eigenvalue weighted by Gasteiger charge is 2.50. The van der Waals surface area contributed by atoms with Crippen LogP contribution in [-0.2, 0) is 50.7 Å². The first-order chi connectivity index (χ1) is 34.4. The lowest BCUT2D eigenvalue weighted by Crippen LogP contribution is -2.46. The van der Waals surface area contributed by atoms with Gasteiger partial charge in [0.1, 0.15) is 36.3 Å². The highest BCUT2D eigenvalue weighted by atomic mass is 32.2. The third-order valence-corrected chi connectivity index (χ3v) is 14.9. The maximum absolute atomic E-state index is 12.8. The molecule has 1 saturated heterocycles. The topological polar surface area (TPSA) is 384 Å². The van der Waals surface area contributed by atoms with Crippen LogP contribution in [0.4, 0.5) is 5.82 Å². The number of nitrogens with two attached hydrogens (primary N) is 1. The molecule has 2 amide bonds. The second-order valence-electron chi connectivity index (χ2n) is 17.3. The van der Waals surface area contributed by atoms with Crippen molar-refractivity contribution in [1.82, 2.24) is 30.2 Å². The standard InChI is InChI=1S/C44H66N7O18P3S/c1-4-30-25-31(30)17-15-16-19-32(52)18-13-11-9-7-5-6-8-10-12-14-20-35(54)73-24-23-46-34(53)21-22-47-42(57)39(56)44(2,3)27-66-72(63,64)69-71(61,62)65-26-33-38(68-70(58,59)60)37(55)43(67-33)51-29-50-36-40(45)48-28-49-41(36)51/h5-6,9-13,15-16,18,25,28-30,32-33,37-39,43,52,55-56H,4,7-8,14,17,19-24,26-27H2,1-3H3,(H,46,53)(H,47,57)(H,61,62)(H,63,64)(H2,45,48,49)(H2,58,59,60)/b6-5+,11-9+,12-10+,16-15+,18-13+. The molecular formula is C44H66N7O18P3S. The van der Waals surface area contributed by atoms with Gasteiger partial charge in [0.25, 0.3) is 0 Å². The Hall–Kier alpha value is -4.04. The maximum atomic E-state index is 12.8. The van der Waals surface area contributed by atoms with Crippen molar-refractivity contribution in [1.29, 1.82) is 0 Å². The van der Waals surface area contributed by atoms with E-state index >= 15 is 0 Å². The molecule has 4 rings (SSSR count). The minimum Gasteiger partial charge on any atom is -0.389 e. The van der Waals surface area contributed by atoms with E-state index < -0.39 is 90.7 Å². The van der Waals surface area contributed by atoms with Gasteiger partial charge in [-0.1, -0.05) is 105 Å². The monoisotopic (exact) mass is 1110 g/mol. The van der Waals surface area contributed by atoms with Crippen molar-refractivity contribution in [3.8, 4) is 0 Å². The van der Waals surface area contributed by atoms with Crippen LogP contribution in [-0.4, -0.2) is 134 Å². The van der Waals surface area contributed by atoms with E-state index in [9.17, 15) is 63.0 Å². The Morgan fingerprint density at radius 1 is 0.932 bits per heavy atom. The third kappa shape index (κ3) is 22.0. The molecule has 0 aromatic carbocycles. The third-order valence-electron chi connectivity index (χ3n) is 10.9. The van der Waals surface area contributed by atoms with Crippen molar-refractivity contribution in [3.05, 3.63) is 85.1 Å². The fraction of sp³-hybridized carbons (Fsp3) is 0.545. The molecule has 25 nitrogen and oxygen atoms in total. The SMILES string of the molecule is CCC1C=C1C/C=C/CC(O)/C=C/C=C/C/C=C/C/C=C/CCC(=O)SCCNC(=O)CCNC(=O)C(O)C(C)(C)COP(=O)(O)OP(=O)(O)OCC1OC(n2cnc3c(N)ncnc32)C(O)C1OP(=O)(O)O. The van der Waals surface area contributed by atoms with Crippen LogP contribution in [0.1, 0.15) is 78.4 Å². The summed E-state index contributed by atoms with van der Waals surface area (Å²) in [5.74, 6) is -0.470. The molecule has 11 N–H and O–H groups in total. The molecule has 0 radical (unpaired) electrons. The summed E-state index contributed by atoms with van der Waals surface area (Å²) in [6.45, 7) is 2.62. The molecule has 0 bridgehead atoms. The van der Waals surface area contributed by atoms with Crippen molar-refractivity contribution in [2.24, 2.45) is 11.3 Å². The fourth-order valence-corrected chi connectivity index (χ4v) is 10.3. The number of aromatic nitrogens is 4. The minimum absolute atomic E-state index is 0.0266. The Balaban J connectivity index is 1.06. The Bertz CT molecular complexity index is 2500. The number of carbonyl (C=O) groups is 3. The molecule has 0 spiro atoms. The number of aliphatic hydroxyl groups excluding tert-OH is 3. The van der Waals surface area contributed by atoms with Gasteiger partial charge in [-0.05, 0) is 44.4 Å². The van der Waals surface area contributed by atoms with Gasteiger partial charge < -0.3 is 56.0 Å². The predicted octanol–water partition coefficient (Wildman–Crippen LogP) is 4.11. The molecule has 2 aromatic heterocycles. The molecule has 406 valence electrons. The number of nitrogens with zero attached hydrogens (tertiary/aromatic N) is 4. The van der Waals surface area contributed by atoms with E-state index in [0.717, 1.165) is 54.7 Å². The molecule has 9 atom stereocenters. The van der Waals surface area contributed by atoms with Crippen LogP contribution in [0.15, 0.2) is 85.1 Å². The summed E-state index contributed by atoms with van der Waals surface area (Å²) >= 11 is 1.08. The van der Waals surface area contributed by atoms with Crippen LogP contribution in [0.5, 0.6) is 0 Å². The summed E-state index contributed by atoms with van der Waals surface area (Å²) in [7, 11) is -16.4. The van der Waals surface area contributed by atoms with E-state index in [1.54, 1.807) is 6.08 Å². The fourth-order valence-electron chi connectivity index (χ4n) is 6.82. The highest BCUT2D eigenvalue weighted by Crippen LogP contribution is 2.61. The first-order valence-electron chi connectivity index (χ1n) is 23.1. The van der Waals surface area contributed by atoms with Gasteiger partial charge in [-0.3, -0.25) is 32.5 Å². The van der Waals surface area contributed by atoms with E-state index in [-0.39, 0.29) is 41.6 Å². The summed E-state index contributed by atoms with van der Waals surface area (Å²) < 4.78 is 62.5. The Labute approximate surface area is 426 Å². The number of ether oxygens (including phenoxy) is 1. The van der Waals surface area contributed by atoms with E-state index in [2.05, 4.69) is 53.5 Å². The number of hydrogen-bond donors (Lipinski definition) is 10. The molecule has 1 aliphatic carbocycles. The van der Waals surface area contributed by atoms with Gasteiger partial charge in [0.05, 0.1) is 25.6 Å². The normalized spacial score (nSPS) is 22.1. The number of imidazole rings is 1. The Morgan fingerprint density at radius 2 is 1.64 bits per heavy atom. The number of nitrogen functional groups attached to an aromatic ring is 1. The lowest BCUT2D eigenvalue weighted by atomic mass is 9.87.